The highest BCUT2D eigenvalue weighted by atomic mass is 32.1. The normalized spacial score (nSPS) is 24.7. The van der Waals surface area contributed by atoms with E-state index in [4.69, 9.17) is 0 Å². The lowest BCUT2D eigenvalue weighted by Crippen LogP contribution is -2.21. The molecule has 1 fully saturated rings. The van der Waals surface area contributed by atoms with E-state index in [1.165, 1.54) is 46.9 Å². The summed E-state index contributed by atoms with van der Waals surface area (Å²) in [6, 6.07) is 6.93. The minimum atomic E-state index is 0.807. The van der Waals surface area contributed by atoms with E-state index in [2.05, 4.69) is 49.5 Å². The Morgan fingerprint density at radius 1 is 1.23 bits per heavy atom. The van der Waals surface area contributed by atoms with Crippen molar-refractivity contribution in [1.29, 1.82) is 0 Å². The Bertz CT molecular complexity index is 737. The maximum Gasteiger partial charge on any atom is 0.0420 e. The second-order valence-corrected chi connectivity index (χ2v) is 8.32. The minimum Gasteiger partial charge on any atom is -0.305 e. The summed E-state index contributed by atoms with van der Waals surface area (Å²) in [6.45, 7) is 3.37. The Hall–Kier alpha value is -1.12. The summed E-state index contributed by atoms with van der Waals surface area (Å²) in [5.74, 6) is 1.76. The fraction of sp³-hybridized carbons (Fsp3) is 0.500. The van der Waals surface area contributed by atoms with Crippen LogP contribution in [0, 0.1) is 18.8 Å². The molecule has 2 aliphatic rings. The number of aryl methyl sites for hydroxylation is 1. The van der Waals surface area contributed by atoms with E-state index in [0.29, 0.717) is 0 Å². The number of hydrogen-bond donors (Lipinski definition) is 0. The van der Waals surface area contributed by atoms with Crippen LogP contribution in [0.4, 0.5) is 0 Å². The molecule has 2 heteroatoms. The van der Waals surface area contributed by atoms with Gasteiger partial charge in [0, 0.05) is 11.2 Å². The van der Waals surface area contributed by atoms with Gasteiger partial charge in [-0.1, -0.05) is 23.8 Å². The Morgan fingerprint density at radius 2 is 2.09 bits per heavy atom. The number of nitrogens with zero attached hydrogens (tertiary/aromatic N) is 1. The van der Waals surface area contributed by atoms with Gasteiger partial charge in [-0.2, -0.15) is 0 Å². The Morgan fingerprint density at radius 3 is 2.91 bits per heavy atom. The molecule has 4 rings (SSSR count). The quantitative estimate of drug-likeness (QED) is 0.739. The van der Waals surface area contributed by atoms with Gasteiger partial charge in [0.1, 0.15) is 0 Å². The first-order valence-corrected chi connectivity index (χ1v) is 9.35. The fourth-order valence-corrected chi connectivity index (χ4v) is 5.69. The zero-order chi connectivity index (χ0) is 15.3. The molecule has 2 atom stereocenters. The first-order chi connectivity index (χ1) is 10.6. The van der Waals surface area contributed by atoms with E-state index in [0.717, 1.165) is 18.4 Å². The third kappa shape index (κ3) is 2.33. The first-order valence-electron chi connectivity index (χ1n) is 8.47. The summed E-state index contributed by atoms with van der Waals surface area (Å²) in [5, 5.41) is 3.78. The number of hydrogen-bond acceptors (Lipinski definition) is 2. The number of allylic oxidation sites excluding steroid dienone is 1. The van der Waals surface area contributed by atoms with Crippen molar-refractivity contribution in [3.05, 3.63) is 40.3 Å². The highest BCUT2D eigenvalue weighted by Gasteiger charge is 2.35. The molecule has 0 aliphatic heterocycles. The van der Waals surface area contributed by atoms with Crippen LogP contribution in [-0.4, -0.2) is 25.5 Å². The number of benzene rings is 1. The van der Waals surface area contributed by atoms with Gasteiger partial charge < -0.3 is 4.90 Å². The second kappa shape index (κ2) is 5.50. The molecule has 2 unspecified atom stereocenters. The molecule has 0 amide bonds. The third-order valence-corrected chi connectivity index (χ3v) is 6.60. The number of likely N-dealkylation sites (N-methyl/N-ethyl adjacent to an activating group) is 1. The second-order valence-electron chi connectivity index (χ2n) is 7.44. The molecule has 0 spiro atoms. The molecule has 22 heavy (non-hydrogen) atoms. The Balaban J connectivity index is 1.90. The van der Waals surface area contributed by atoms with E-state index in [1.807, 2.05) is 11.3 Å². The summed E-state index contributed by atoms with van der Waals surface area (Å²) in [4.78, 5) is 2.35. The van der Waals surface area contributed by atoms with Crippen LogP contribution in [0.25, 0.3) is 15.7 Å². The first kappa shape index (κ1) is 14.5. The van der Waals surface area contributed by atoms with Crippen molar-refractivity contribution >= 4 is 27.0 Å². The van der Waals surface area contributed by atoms with Crippen LogP contribution in [0.3, 0.4) is 0 Å². The lowest BCUT2D eigenvalue weighted by Gasteiger charge is -2.29. The van der Waals surface area contributed by atoms with Gasteiger partial charge >= 0.3 is 0 Å². The predicted molar refractivity (Wildman–Crippen MR) is 97.5 cm³/mol. The van der Waals surface area contributed by atoms with Crippen LogP contribution < -0.4 is 0 Å². The molecule has 0 N–H and O–H groups in total. The summed E-state index contributed by atoms with van der Waals surface area (Å²) < 4.78 is 1.51. The maximum absolute atomic E-state index is 2.38. The van der Waals surface area contributed by atoms with E-state index in [-0.39, 0.29) is 0 Å². The van der Waals surface area contributed by atoms with E-state index < -0.39 is 0 Å². The zero-order valence-corrected chi connectivity index (χ0v) is 14.7. The minimum absolute atomic E-state index is 0.807. The summed E-state index contributed by atoms with van der Waals surface area (Å²) in [7, 11) is 4.41. The van der Waals surface area contributed by atoms with E-state index in [9.17, 15) is 0 Å². The van der Waals surface area contributed by atoms with Crippen molar-refractivity contribution in [3.63, 3.8) is 0 Å². The molecule has 2 bridgehead atoms. The largest absolute Gasteiger partial charge is 0.305 e. The van der Waals surface area contributed by atoms with Crippen LogP contribution in [-0.2, 0) is 0 Å². The van der Waals surface area contributed by atoms with Gasteiger partial charge in [-0.15, -0.1) is 11.3 Å². The summed E-state index contributed by atoms with van der Waals surface area (Å²) in [6.07, 6.45) is 5.58. The number of fused-ring (bicyclic) bond motifs is 3. The predicted octanol–water partition coefficient (Wildman–Crippen LogP) is 5.34. The Kier molecular flexibility index (Phi) is 3.62. The molecule has 0 saturated heterocycles. The van der Waals surface area contributed by atoms with Crippen molar-refractivity contribution in [3.8, 4) is 0 Å². The lowest BCUT2D eigenvalue weighted by molar-refractivity contribution is 0.413. The monoisotopic (exact) mass is 311 g/mol. The molecule has 2 aromatic rings. The van der Waals surface area contributed by atoms with Gasteiger partial charge in [0.15, 0.2) is 0 Å². The van der Waals surface area contributed by atoms with E-state index in [1.54, 1.807) is 11.1 Å². The average molecular weight is 311 g/mol. The number of thiophene rings is 1. The fourth-order valence-electron chi connectivity index (χ4n) is 4.61. The smallest absolute Gasteiger partial charge is 0.0420 e. The highest BCUT2D eigenvalue weighted by molar-refractivity contribution is 7.17. The SMILES string of the molecule is Cc1csc2c(C3=C(CN(C)C)CC4CCC3C4)cccc12. The Labute approximate surface area is 137 Å². The van der Waals surface area contributed by atoms with Crippen molar-refractivity contribution in [2.24, 2.45) is 11.8 Å². The molecular weight excluding hydrogens is 286 g/mol. The van der Waals surface area contributed by atoms with Gasteiger partial charge in [0.25, 0.3) is 0 Å². The zero-order valence-electron chi connectivity index (χ0n) is 13.9. The lowest BCUT2D eigenvalue weighted by atomic mass is 9.79. The van der Waals surface area contributed by atoms with Gasteiger partial charge in [0.05, 0.1) is 0 Å². The summed E-state index contributed by atoms with van der Waals surface area (Å²) in [5.41, 5.74) is 6.38. The molecule has 1 nitrogen and oxygen atoms in total. The van der Waals surface area contributed by atoms with E-state index >= 15 is 0 Å². The van der Waals surface area contributed by atoms with Crippen molar-refractivity contribution < 1.29 is 0 Å². The molecule has 1 heterocycles. The van der Waals surface area contributed by atoms with Crippen molar-refractivity contribution in [1.82, 2.24) is 4.90 Å². The molecule has 1 aromatic carbocycles. The van der Waals surface area contributed by atoms with Crippen LogP contribution in [0.15, 0.2) is 29.2 Å². The van der Waals surface area contributed by atoms with Crippen molar-refractivity contribution in [2.45, 2.75) is 32.6 Å². The van der Waals surface area contributed by atoms with Crippen molar-refractivity contribution in [2.75, 3.05) is 20.6 Å². The molecule has 116 valence electrons. The van der Waals surface area contributed by atoms with Gasteiger partial charge in [-0.25, -0.2) is 0 Å². The molecular formula is C20H25NS. The van der Waals surface area contributed by atoms with Crippen LogP contribution in [0.1, 0.15) is 36.8 Å². The maximum atomic E-state index is 2.38. The van der Waals surface area contributed by atoms with Crippen LogP contribution in [0.5, 0.6) is 0 Å². The molecule has 2 aliphatic carbocycles. The highest BCUT2D eigenvalue weighted by Crippen LogP contribution is 2.50. The molecule has 1 aromatic heterocycles. The summed E-state index contributed by atoms with van der Waals surface area (Å²) >= 11 is 1.93. The average Bonchev–Trinajstić information content (AvgIpc) is 3.04. The molecule has 1 saturated carbocycles. The van der Waals surface area contributed by atoms with Crippen LogP contribution in [0.2, 0.25) is 0 Å². The van der Waals surface area contributed by atoms with Gasteiger partial charge in [-0.3, -0.25) is 0 Å². The molecule has 0 radical (unpaired) electrons. The van der Waals surface area contributed by atoms with Gasteiger partial charge in [-0.05, 0) is 86.0 Å². The third-order valence-electron chi connectivity index (χ3n) is 5.46. The van der Waals surface area contributed by atoms with Crippen LogP contribution >= 0.6 is 11.3 Å². The number of rotatable bonds is 3. The van der Waals surface area contributed by atoms with Gasteiger partial charge in [0.2, 0.25) is 0 Å². The topological polar surface area (TPSA) is 3.24 Å². The standard InChI is InChI=1S/C20H25NS/c1-13-12-22-20-17(13)5-4-6-18(20)19-15-8-7-14(9-15)10-16(19)11-21(2)3/h4-6,12,14-15H,7-11H2,1-3H3.